The summed E-state index contributed by atoms with van der Waals surface area (Å²) in [4.78, 5) is 44.8. The minimum Gasteiger partial charge on any atom is -0.380 e. The number of thioether (sulfide) groups is 1. The number of allylic oxidation sites excluding steroid dienone is 1. The quantitative estimate of drug-likeness (QED) is 0.0403. The molecule has 2 atom stereocenters. The first-order valence-electron chi connectivity index (χ1n) is 26.8. The second-order valence-corrected chi connectivity index (χ2v) is 26.8. The van der Waals surface area contributed by atoms with E-state index in [1.807, 2.05) is 52.1 Å². The van der Waals surface area contributed by atoms with E-state index in [4.69, 9.17) is 11.6 Å². The molecule has 16 nitrogen and oxygen atoms in total. The number of piperidine rings is 1. The molecule has 4 heterocycles. The summed E-state index contributed by atoms with van der Waals surface area (Å²) >= 11 is 7.60. The number of sulfonamides is 1. The first-order valence-corrected chi connectivity index (χ1v) is 31.1. The zero-order valence-corrected chi connectivity index (χ0v) is 48.1. The number of nitrogens with zero attached hydrogens (tertiary/aromatic N) is 6. The molecule has 5 aromatic rings. The van der Waals surface area contributed by atoms with E-state index in [0.29, 0.717) is 63.3 Å². The number of carbonyl (C=O) groups excluding carboxylic acids is 3. The zero-order valence-electron chi connectivity index (χ0n) is 44.9. The average molecular weight is 1190 g/mol. The molecule has 4 aliphatic rings. The number of benzene rings is 4. The maximum Gasteiger partial charge on any atom is 0.501 e. The Balaban J connectivity index is 0.830. The molecular weight excluding hydrogens is 1130 g/mol. The Morgan fingerprint density at radius 2 is 1.49 bits per heavy atom. The fraction of sp³-hybridized carbons (Fsp3) is 0.421. The van der Waals surface area contributed by atoms with Gasteiger partial charge in [0.2, 0.25) is 11.8 Å². The van der Waals surface area contributed by atoms with E-state index < -0.39 is 76.3 Å². The van der Waals surface area contributed by atoms with Crippen molar-refractivity contribution in [2.45, 2.75) is 91.1 Å². The summed E-state index contributed by atoms with van der Waals surface area (Å²) in [6.07, 6.45) is 3.74. The van der Waals surface area contributed by atoms with Gasteiger partial charge in [-0.1, -0.05) is 61.4 Å². The van der Waals surface area contributed by atoms with Crippen molar-refractivity contribution < 1.29 is 48.8 Å². The van der Waals surface area contributed by atoms with Gasteiger partial charge < -0.3 is 15.1 Å². The number of piperazine rings is 2. The lowest BCUT2D eigenvalue weighted by atomic mass is 9.73. The predicted octanol–water partition coefficient (Wildman–Crippen LogP) is 8.77. The van der Waals surface area contributed by atoms with E-state index in [-0.39, 0.29) is 47.5 Å². The fourth-order valence-corrected chi connectivity index (χ4v) is 13.9. The summed E-state index contributed by atoms with van der Waals surface area (Å²) < 4.78 is 115. The van der Waals surface area contributed by atoms with E-state index in [2.05, 4.69) is 61.5 Å². The normalized spacial score (nSPS) is 19.3. The van der Waals surface area contributed by atoms with Gasteiger partial charge in [0.15, 0.2) is 0 Å². The number of rotatable bonds is 19. The van der Waals surface area contributed by atoms with Crippen LogP contribution in [0.2, 0.25) is 5.02 Å². The van der Waals surface area contributed by atoms with Gasteiger partial charge in [-0.05, 0) is 115 Å². The standard InChI is InChI=1S/C57H64ClF4N9O7S3/c1-56(2)22-20-46(38-8-12-41(58)13-9-38)40(34-56)35-69-28-30-71(31-29-69)43-14-10-39(11-15-43)54(73)67-81(77,78)45-16-18-49(52(32-45)80(75,76)57(60,61)62)63-42(37-79-44-6-4-3-5-7-44)21-23-68-24-26-70(27-25-68)36-51-48(59)33-50(65-66-51)47-17-19-53(72)64-55(47)74/h3-16,18,32-33,42,47,63H,17,19-31,34-37H2,1-2H3,(H,67,73)(H,64,72,74)/t42-,47?/m1/s1. The van der Waals surface area contributed by atoms with Crippen molar-refractivity contribution in [2.75, 3.05) is 81.4 Å². The number of anilines is 2. The number of halogens is 5. The van der Waals surface area contributed by atoms with E-state index in [1.165, 1.54) is 46.7 Å². The molecule has 1 aromatic heterocycles. The average Bonchev–Trinajstić information content (AvgIpc) is 3.43. The van der Waals surface area contributed by atoms with Crippen LogP contribution in [0.4, 0.5) is 28.9 Å². The Bertz CT molecular complexity index is 3360. The summed E-state index contributed by atoms with van der Waals surface area (Å²) in [5.74, 6) is -3.14. The van der Waals surface area contributed by atoms with Crippen LogP contribution < -0.4 is 20.3 Å². The highest BCUT2D eigenvalue weighted by molar-refractivity contribution is 7.99. The number of hydrogen-bond donors (Lipinski definition) is 3. The van der Waals surface area contributed by atoms with E-state index in [9.17, 15) is 44.4 Å². The number of aromatic nitrogens is 2. The van der Waals surface area contributed by atoms with Gasteiger partial charge in [0.05, 0.1) is 22.2 Å². The molecule has 3 saturated heterocycles. The summed E-state index contributed by atoms with van der Waals surface area (Å²) in [5, 5.41) is 14.1. The molecule has 3 N–H and O–H groups in total. The smallest absolute Gasteiger partial charge is 0.380 e. The molecule has 0 saturated carbocycles. The molecule has 81 heavy (non-hydrogen) atoms. The highest BCUT2D eigenvalue weighted by Gasteiger charge is 2.48. The first-order chi connectivity index (χ1) is 38.5. The van der Waals surface area contributed by atoms with Gasteiger partial charge in [0, 0.05) is 117 Å². The number of amides is 3. The van der Waals surface area contributed by atoms with Gasteiger partial charge >= 0.3 is 5.51 Å². The lowest BCUT2D eigenvalue weighted by Gasteiger charge is -2.39. The molecular formula is C57H64ClF4N9O7S3. The van der Waals surface area contributed by atoms with Crippen LogP contribution in [0.1, 0.15) is 85.6 Å². The maximum atomic E-state index is 15.3. The van der Waals surface area contributed by atoms with Gasteiger partial charge in [-0.3, -0.25) is 29.5 Å². The van der Waals surface area contributed by atoms with Crippen molar-refractivity contribution in [3.63, 3.8) is 0 Å². The lowest BCUT2D eigenvalue weighted by molar-refractivity contribution is -0.134. The third kappa shape index (κ3) is 15.0. The Labute approximate surface area is 479 Å². The van der Waals surface area contributed by atoms with Gasteiger partial charge in [-0.15, -0.1) is 11.8 Å². The SMILES string of the molecule is CC1(C)CCC(c2ccc(Cl)cc2)=C(CN2CCN(c3ccc(C(=O)NS(=O)(=O)c4ccc(N[C@H](CCN5CCN(Cc6nnc(C7CCC(=O)NC7=O)cc6F)CC5)CSc5ccccc5)c(S(=O)(=O)C(F)(F)F)c4)cc3)CC2)C1. The highest BCUT2D eigenvalue weighted by atomic mass is 35.5. The molecule has 4 aromatic carbocycles. The number of nitrogens with one attached hydrogen (secondary N) is 3. The first kappa shape index (κ1) is 59.7. The minimum atomic E-state index is -6.16. The summed E-state index contributed by atoms with van der Waals surface area (Å²) in [6, 6.07) is 26.4. The Morgan fingerprint density at radius 1 is 0.827 bits per heavy atom. The third-order valence-corrected chi connectivity index (χ3v) is 19.6. The lowest BCUT2D eigenvalue weighted by Crippen LogP contribution is -2.47. The topological polar surface area (TPSA) is 194 Å². The van der Waals surface area contributed by atoms with E-state index >= 15 is 4.39 Å². The monoisotopic (exact) mass is 1190 g/mol. The molecule has 3 fully saturated rings. The minimum absolute atomic E-state index is 0.0364. The largest absolute Gasteiger partial charge is 0.501 e. The highest BCUT2D eigenvalue weighted by Crippen LogP contribution is 2.43. The van der Waals surface area contributed by atoms with Gasteiger partial charge in [0.25, 0.3) is 25.8 Å². The van der Waals surface area contributed by atoms with Crippen molar-refractivity contribution in [2.24, 2.45) is 5.41 Å². The second-order valence-electron chi connectivity index (χ2n) is 21.7. The molecule has 1 aliphatic carbocycles. The van der Waals surface area contributed by atoms with Gasteiger partial charge in [-0.2, -0.15) is 23.4 Å². The number of carbonyl (C=O) groups is 3. The van der Waals surface area contributed by atoms with Gasteiger partial charge in [-0.25, -0.2) is 25.9 Å². The van der Waals surface area contributed by atoms with Gasteiger partial charge in [0.1, 0.15) is 16.4 Å². The van der Waals surface area contributed by atoms with Crippen LogP contribution >= 0.6 is 23.4 Å². The van der Waals surface area contributed by atoms with Crippen LogP contribution in [0.15, 0.2) is 123 Å². The second kappa shape index (κ2) is 25.3. The van der Waals surface area contributed by atoms with Crippen LogP contribution in [0.3, 0.4) is 0 Å². The molecule has 9 rings (SSSR count). The Morgan fingerprint density at radius 3 is 2.16 bits per heavy atom. The summed E-state index contributed by atoms with van der Waals surface area (Å²) in [7, 11) is -11.1. The van der Waals surface area contributed by atoms with E-state index in [1.54, 1.807) is 12.1 Å². The van der Waals surface area contributed by atoms with Crippen LogP contribution in [0, 0.1) is 11.2 Å². The maximum absolute atomic E-state index is 15.3. The van der Waals surface area contributed by atoms with Crippen molar-refractivity contribution in [3.8, 4) is 0 Å². The third-order valence-electron chi connectivity index (χ3n) is 15.3. The van der Waals surface area contributed by atoms with Crippen LogP contribution in [-0.4, -0.2) is 142 Å². The van der Waals surface area contributed by atoms with Crippen molar-refractivity contribution in [1.29, 1.82) is 0 Å². The molecule has 432 valence electrons. The van der Waals surface area contributed by atoms with Crippen LogP contribution in [0.25, 0.3) is 5.57 Å². The molecule has 0 radical (unpaired) electrons. The molecule has 1 unspecified atom stereocenters. The predicted molar refractivity (Wildman–Crippen MR) is 303 cm³/mol. The number of alkyl halides is 3. The number of hydrogen-bond acceptors (Lipinski definition) is 15. The number of sulfone groups is 1. The summed E-state index contributed by atoms with van der Waals surface area (Å²) in [6.45, 7) is 11.1. The Kier molecular flexibility index (Phi) is 18.6. The van der Waals surface area contributed by atoms with E-state index in [0.717, 1.165) is 61.6 Å². The molecule has 24 heteroatoms. The zero-order chi connectivity index (χ0) is 57.7. The molecule has 0 spiro atoms. The van der Waals surface area contributed by atoms with Crippen molar-refractivity contribution in [1.82, 2.24) is 34.9 Å². The molecule has 3 aliphatic heterocycles. The summed E-state index contributed by atoms with van der Waals surface area (Å²) in [5.41, 5.74) is -1.06. The van der Waals surface area contributed by atoms with Crippen LogP contribution in [-0.2, 0) is 36.0 Å². The molecule has 0 bridgehead atoms. The van der Waals surface area contributed by atoms with Crippen LogP contribution in [0.5, 0.6) is 0 Å². The van der Waals surface area contributed by atoms with Crippen molar-refractivity contribution in [3.05, 3.63) is 142 Å². The molecule has 3 amide bonds. The van der Waals surface area contributed by atoms with Crippen molar-refractivity contribution >= 4 is 77.9 Å². The fourth-order valence-electron chi connectivity index (χ4n) is 10.7. The number of imide groups is 1. The Hall–Kier alpha value is -5.95.